The first-order chi connectivity index (χ1) is 16.8. The molecule has 0 saturated heterocycles. The summed E-state index contributed by atoms with van der Waals surface area (Å²) in [5.74, 6) is -3.29. The van der Waals surface area contributed by atoms with Gasteiger partial charge in [0.2, 0.25) is 5.92 Å². The summed E-state index contributed by atoms with van der Waals surface area (Å²) >= 11 is 0. The highest BCUT2D eigenvalue weighted by atomic mass is 19.3. The van der Waals surface area contributed by atoms with Crippen LogP contribution in [0.5, 0.6) is 5.75 Å². The molecule has 1 aromatic heterocycles. The van der Waals surface area contributed by atoms with Crippen molar-refractivity contribution in [1.29, 1.82) is 5.26 Å². The monoisotopic (exact) mass is 477 g/mol. The molecule has 0 spiro atoms. The van der Waals surface area contributed by atoms with Gasteiger partial charge in [-0.1, -0.05) is 12.1 Å². The average Bonchev–Trinajstić information content (AvgIpc) is 3.28. The number of amides is 2. The number of benzene rings is 2. The van der Waals surface area contributed by atoms with Crippen LogP contribution in [0.4, 0.5) is 20.2 Å². The van der Waals surface area contributed by atoms with Gasteiger partial charge in [-0.3, -0.25) is 14.3 Å². The molecule has 1 fully saturated rings. The van der Waals surface area contributed by atoms with Crippen molar-refractivity contribution < 1.29 is 23.1 Å². The largest absolute Gasteiger partial charge is 0.495 e. The van der Waals surface area contributed by atoms with Crippen LogP contribution < -0.4 is 15.0 Å². The van der Waals surface area contributed by atoms with Crippen LogP contribution in [0.15, 0.2) is 48.7 Å². The molecule has 1 aliphatic heterocycles. The number of rotatable bonds is 5. The van der Waals surface area contributed by atoms with E-state index in [-0.39, 0.29) is 41.5 Å². The van der Waals surface area contributed by atoms with E-state index in [9.17, 15) is 23.6 Å². The third-order valence-corrected chi connectivity index (χ3v) is 6.41. The van der Waals surface area contributed by atoms with Crippen molar-refractivity contribution in [3.8, 4) is 11.8 Å². The molecule has 2 aliphatic rings. The first kappa shape index (κ1) is 22.5. The summed E-state index contributed by atoms with van der Waals surface area (Å²) in [6.45, 7) is 0.755. The molecule has 2 amide bonds. The van der Waals surface area contributed by atoms with Crippen molar-refractivity contribution in [2.75, 3.05) is 23.9 Å². The highest BCUT2D eigenvalue weighted by molar-refractivity contribution is 6.15. The lowest BCUT2D eigenvalue weighted by molar-refractivity contribution is -0.0867. The van der Waals surface area contributed by atoms with Gasteiger partial charge in [-0.05, 0) is 41.8 Å². The van der Waals surface area contributed by atoms with Gasteiger partial charge in [-0.15, -0.1) is 0 Å². The molecule has 8 nitrogen and oxygen atoms in total. The molecule has 0 radical (unpaired) electrons. The van der Waals surface area contributed by atoms with Gasteiger partial charge in [-0.2, -0.15) is 10.4 Å². The normalized spacial score (nSPS) is 16.7. The summed E-state index contributed by atoms with van der Waals surface area (Å²) in [6, 6.07) is 13.7. The Balaban J connectivity index is 1.35. The molecule has 0 atom stereocenters. The summed E-state index contributed by atoms with van der Waals surface area (Å²) in [5.41, 5.74) is 2.36. The summed E-state index contributed by atoms with van der Waals surface area (Å²) in [7, 11) is 1.45. The SMILES string of the molecule is COc1ccc(NC(=O)c2cnn3c2C(=O)N(c2ccc(C4CC(F)(F)C4)cc2)CC3)cc1C#N. The van der Waals surface area contributed by atoms with Gasteiger partial charge >= 0.3 is 0 Å². The number of hydrogen-bond acceptors (Lipinski definition) is 5. The van der Waals surface area contributed by atoms with Gasteiger partial charge in [0, 0.05) is 30.8 Å². The number of hydrogen-bond donors (Lipinski definition) is 1. The van der Waals surface area contributed by atoms with Gasteiger partial charge in [0.05, 0.1) is 31.0 Å². The number of aromatic nitrogens is 2. The number of methoxy groups -OCH3 is 1. The van der Waals surface area contributed by atoms with Crippen LogP contribution in [0, 0.1) is 11.3 Å². The number of ether oxygens (including phenoxy) is 1. The van der Waals surface area contributed by atoms with Gasteiger partial charge in [-0.25, -0.2) is 8.78 Å². The fraction of sp³-hybridized carbons (Fsp3) is 0.280. The molecule has 1 aliphatic carbocycles. The van der Waals surface area contributed by atoms with Gasteiger partial charge in [0.25, 0.3) is 11.8 Å². The fourth-order valence-corrected chi connectivity index (χ4v) is 4.51. The van der Waals surface area contributed by atoms with Crippen molar-refractivity contribution in [2.45, 2.75) is 31.2 Å². The number of nitriles is 1. The second-order valence-electron chi connectivity index (χ2n) is 8.62. The molecule has 0 bridgehead atoms. The Morgan fingerprint density at radius 1 is 1.20 bits per heavy atom. The predicted molar refractivity (Wildman–Crippen MR) is 123 cm³/mol. The Morgan fingerprint density at radius 3 is 2.60 bits per heavy atom. The summed E-state index contributed by atoms with van der Waals surface area (Å²) in [4.78, 5) is 27.9. The maximum Gasteiger partial charge on any atom is 0.277 e. The van der Waals surface area contributed by atoms with Gasteiger partial charge in [0.15, 0.2) is 0 Å². The van der Waals surface area contributed by atoms with Crippen molar-refractivity contribution in [2.24, 2.45) is 0 Å². The van der Waals surface area contributed by atoms with E-state index in [0.29, 0.717) is 30.2 Å². The first-order valence-corrected chi connectivity index (χ1v) is 11.0. The van der Waals surface area contributed by atoms with Crippen LogP contribution in [-0.2, 0) is 6.54 Å². The number of nitrogens with one attached hydrogen (secondary N) is 1. The number of nitrogens with zero attached hydrogens (tertiary/aromatic N) is 4. The Morgan fingerprint density at radius 2 is 1.94 bits per heavy atom. The zero-order valence-corrected chi connectivity index (χ0v) is 18.8. The third kappa shape index (κ3) is 4.10. The van der Waals surface area contributed by atoms with Crippen LogP contribution in [0.25, 0.3) is 0 Å². The van der Waals surface area contributed by atoms with E-state index in [1.807, 2.05) is 6.07 Å². The van der Waals surface area contributed by atoms with E-state index in [0.717, 1.165) is 5.56 Å². The average molecular weight is 477 g/mol. The predicted octanol–water partition coefficient (Wildman–Crippen LogP) is 4.19. The lowest BCUT2D eigenvalue weighted by atomic mass is 9.77. The fourth-order valence-electron chi connectivity index (χ4n) is 4.51. The maximum absolute atomic E-state index is 13.3. The standard InChI is InChI=1S/C25H21F2N5O3/c1-35-21-7-4-18(10-16(21)13-28)30-23(33)20-14-29-32-9-8-31(24(34)22(20)32)19-5-2-15(3-6-19)17-11-25(26,27)12-17/h2-7,10,14,17H,8-9,11-12H2,1H3,(H,30,33). The topological polar surface area (TPSA) is 100 Å². The first-order valence-electron chi connectivity index (χ1n) is 11.0. The number of carbonyl (C=O) groups excluding carboxylic acids is 2. The number of anilines is 2. The minimum Gasteiger partial charge on any atom is -0.495 e. The van der Waals surface area contributed by atoms with E-state index in [1.165, 1.54) is 24.1 Å². The van der Waals surface area contributed by atoms with E-state index in [1.54, 1.807) is 41.3 Å². The van der Waals surface area contributed by atoms with E-state index < -0.39 is 11.8 Å². The Hall–Kier alpha value is -4.26. The number of alkyl halides is 2. The van der Waals surface area contributed by atoms with Gasteiger partial charge < -0.3 is 15.0 Å². The molecule has 10 heteroatoms. The quantitative estimate of drug-likeness (QED) is 0.594. The Kier molecular flexibility index (Phi) is 5.47. The van der Waals surface area contributed by atoms with Crippen LogP contribution in [0.1, 0.15) is 50.7 Å². The molecule has 0 unspecified atom stereocenters. The molecular formula is C25H21F2N5O3. The van der Waals surface area contributed by atoms with Crippen molar-refractivity contribution in [3.05, 3.63) is 71.0 Å². The molecule has 3 aromatic rings. The molecule has 1 saturated carbocycles. The van der Waals surface area contributed by atoms with E-state index in [2.05, 4.69) is 10.4 Å². The highest BCUT2D eigenvalue weighted by Crippen LogP contribution is 2.48. The summed E-state index contributed by atoms with van der Waals surface area (Å²) in [5, 5.41) is 16.2. The molecule has 178 valence electrons. The Bertz CT molecular complexity index is 1350. The van der Waals surface area contributed by atoms with Crippen LogP contribution in [0.2, 0.25) is 0 Å². The highest BCUT2D eigenvalue weighted by Gasteiger charge is 2.45. The zero-order valence-electron chi connectivity index (χ0n) is 18.8. The molecule has 5 rings (SSSR count). The summed E-state index contributed by atoms with van der Waals surface area (Å²) < 4.78 is 33.0. The molecule has 2 aromatic carbocycles. The maximum atomic E-state index is 13.3. The molecule has 35 heavy (non-hydrogen) atoms. The van der Waals surface area contributed by atoms with E-state index >= 15 is 0 Å². The lowest BCUT2D eigenvalue weighted by Crippen LogP contribution is -2.41. The third-order valence-electron chi connectivity index (χ3n) is 6.41. The number of carbonyl (C=O) groups is 2. The van der Waals surface area contributed by atoms with E-state index in [4.69, 9.17) is 4.74 Å². The second-order valence-corrected chi connectivity index (χ2v) is 8.62. The minimum absolute atomic E-state index is 0.113. The summed E-state index contributed by atoms with van der Waals surface area (Å²) in [6.07, 6.45) is 1.04. The van der Waals surface area contributed by atoms with Crippen LogP contribution >= 0.6 is 0 Å². The lowest BCUT2D eigenvalue weighted by Gasteiger charge is -2.35. The van der Waals surface area contributed by atoms with Crippen molar-refractivity contribution in [3.63, 3.8) is 0 Å². The minimum atomic E-state index is -2.59. The Labute approximate surface area is 199 Å². The van der Waals surface area contributed by atoms with Crippen LogP contribution in [-0.4, -0.2) is 41.2 Å². The molecule has 2 heterocycles. The van der Waals surface area contributed by atoms with Crippen LogP contribution in [0.3, 0.4) is 0 Å². The number of halogens is 2. The van der Waals surface area contributed by atoms with Gasteiger partial charge in [0.1, 0.15) is 17.5 Å². The smallest absolute Gasteiger partial charge is 0.277 e. The molecular weight excluding hydrogens is 456 g/mol. The van der Waals surface area contributed by atoms with Crippen molar-refractivity contribution in [1.82, 2.24) is 9.78 Å². The second kappa shape index (κ2) is 8.51. The zero-order chi connectivity index (χ0) is 24.7. The number of fused-ring (bicyclic) bond motifs is 1. The van der Waals surface area contributed by atoms with Crippen molar-refractivity contribution >= 4 is 23.2 Å². The molecule has 1 N–H and O–H groups in total.